The second kappa shape index (κ2) is 6.19. The molecule has 0 fully saturated rings. The molecule has 2 aromatic heterocycles. The van der Waals surface area contributed by atoms with Gasteiger partial charge in [0.1, 0.15) is 4.83 Å². The molecule has 4 nitrogen and oxygen atoms in total. The van der Waals surface area contributed by atoms with E-state index in [4.69, 9.17) is 4.74 Å². The van der Waals surface area contributed by atoms with Gasteiger partial charge in [-0.25, -0.2) is 4.98 Å². The summed E-state index contributed by atoms with van der Waals surface area (Å²) in [7, 11) is 0. The summed E-state index contributed by atoms with van der Waals surface area (Å²) < 4.78 is 5.98. The molecule has 19 heavy (non-hydrogen) atoms. The van der Waals surface area contributed by atoms with Crippen molar-refractivity contribution >= 4 is 27.5 Å². The number of hydrogen-bond acceptors (Lipinski definition) is 5. The van der Waals surface area contributed by atoms with E-state index in [9.17, 15) is 0 Å². The minimum Gasteiger partial charge on any atom is -0.474 e. The zero-order chi connectivity index (χ0) is 13.8. The maximum absolute atomic E-state index is 5.98. The molecule has 0 amide bonds. The smallest absolute Gasteiger partial charge is 0.227 e. The zero-order valence-corrected chi connectivity index (χ0v) is 12.8. The largest absolute Gasteiger partial charge is 0.474 e. The van der Waals surface area contributed by atoms with Crippen LogP contribution in [0.4, 0.5) is 5.95 Å². The van der Waals surface area contributed by atoms with Crippen LogP contribution in [0.1, 0.15) is 34.1 Å². The van der Waals surface area contributed by atoms with Crippen molar-refractivity contribution in [3.63, 3.8) is 0 Å². The number of hydrogen-bond donors (Lipinski definition) is 1. The van der Waals surface area contributed by atoms with E-state index in [1.54, 1.807) is 11.3 Å². The second-order valence-corrected chi connectivity index (χ2v) is 5.88. The first kappa shape index (κ1) is 14.1. The normalized spacial score (nSPS) is 12.9. The monoisotopic (exact) mass is 279 g/mol. The minimum atomic E-state index is 0.136. The van der Waals surface area contributed by atoms with Crippen molar-refractivity contribution in [3.05, 3.63) is 11.4 Å². The molecule has 0 aliphatic rings. The van der Waals surface area contributed by atoms with E-state index < -0.39 is 0 Å². The van der Waals surface area contributed by atoms with Gasteiger partial charge in [0, 0.05) is 6.54 Å². The van der Waals surface area contributed by atoms with Crippen molar-refractivity contribution in [2.45, 2.75) is 40.2 Å². The van der Waals surface area contributed by atoms with Crippen molar-refractivity contribution in [2.75, 3.05) is 11.9 Å². The van der Waals surface area contributed by atoms with Crippen LogP contribution in [0.2, 0.25) is 0 Å². The molecule has 0 saturated carbocycles. The van der Waals surface area contributed by atoms with Gasteiger partial charge in [0.05, 0.1) is 11.5 Å². The summed E-state index contributed by atoms with van der Waals surface area (Å²) in [5.74, 6) is 1.80. The second-order valence-electron chi connectivity index (χ2n) is 4.99. The average molecular weight is 279 g/mol. The fraction of sp³-hybridized carbons (Fsp3) is 0.571. The number of rotatable bonds is 6. The molecule has 0 aliphatic heterocycles. The molecule has 0 saturated heterocycles. The molecule has 0 aromatic carbocycles. The van der Waals surface area contributed by atoms with E-state index in [1.165, 1.54) is 0 Å². The third-order valence-corrected chi connectivity index (χ3v) is 3.87. The van der Waals surface area contributed by atoms with Gasteiger partial charge in [0.25, 0.3) is 0 Å². The van der Waals surface area contributed by atoms with Crippen LogP contribution < -0.4 is 10.1 Å². The molecule has 0 spiro atoms. The molecule has 0 bridgehead atoms. The SMILES string of the molecule is CCCNc1nc(OC(C)C(C)C)c2ccsc2n1. The van der Waals surface area contributed by atoms with Crippen molar-refractivity contribution in [1.29, 1.82) is 0 Å². The van der Waals surface area contributed by atoms with Crippen LogP contribution in [0.15, 0.2) is 11.4 Å². The Labute approximate surface area is 118 Å². The van der Waals surface area contributed by atoms with Crippen LogP contribution in [0.5, 0.6) is 5.88 Å². The summed E-state index contributed by atoms with van der Waals surface area (Å²) in [6.45, 7) is 9.36. The molecule has 5 heteroatoms. The van der Waals surface area contributed by atoms with Gasteiger partial charge in [-0.05, 0) is 30.7 Å². The van der Waals surface area contributed by atoms with Crippen molar-refractivity contribution < 1.29 is 4.74 Å². The summed E-state index contributed by atoms with van der Waals surface area (Å²) in [4.78, 5) is 9.97. The van der Waals surface area contributed by atoms with E-state index in [-0.39, 0.29) is 6.10 Å². The Morgan fingerprint density at radius 2 is 2.11 bits per heavy atom. The molecule has 1 N–H and O–H groups in total. The topological polar surface area (TPSA) is 47.0 Å². The summed E-state index contributed by atoms with van der Waals surface area (Å²) in [5, 5.41) is 6.25. The van der Waals surface area contributed by atoms with Crippen LogP contribution in [0, 0.1) is 5.92 Å². The Hall–Kier alpha value is -1.36. The van der Waals surface area contributed by atoms with Gasteiger partial charge < -0.3 is 10.1 Å². The number of thiophene rings is 1. The minimum absolute atomic E-state index is 0.136. The molecule has 2 aromatic rings. The summed E-state index contributed by atoms with van der Waals surface area (Å²) in [6.07, 6.45) is 1.18. The molecule has 0 radical (unpaired) electrons. The number of aromatic nitrogens is 2. The highest BCUT2D eigenvalue weighted by Gasteiger charge is 2.15. The molecule has 1 atom stereocenters. The summed E-state index contributed by atoms with van der Waals surface area (Å²) in [5.41, 5.74) is 0. The lowest BCUT2D eigenvalue weighted by atomic mass is 10.1. The lowest BCUT2D eigenvalue weighted by Crippen LogP contribution is -2.19. The predicted octanol–water partition coefficient (Wildman–Crippen LogP) is 3.94. The van der Waals surface area contributed by atoms with Gasteiger partial charge in [-0.1, -0.05) is 20.8 Å². The maximum atomic E-state index is 5.98. The molecule has 2 heterocycles. The Balaban J connectivity index is 2.31. The van der Waals surface area contributed by atoms with Crippen LogP contribution in [0.25, 0.3) is 10.2 Å². The van der Waals surface area contributed by atoms with Crippen molar-refractivity contribution in [2.24, 2.45) is 5.92 Å². The first-order chi connectivity index (χ1) is 9.11. The highest BCUT2D eigenvalue weighted by atomic mass is 32.1. The van der Waals surface area contributed by atoms with Crippen LogP contribution in [0.3, 0.4) is 0 Å². The lowest BCUT2D eigenvalue weighted by Gasteiger charge is -2.18. The number of fused-ring (bicyclic) bond motifs is 1. The Morgan fingerprint density at radius 3 is 2.79 bits per heavy atom. The molecular formula is C14H21N3OS. The predicted molar refractivity (Wildman–Crippen MR) is 81.1 cm³/mol. The van der Waals surface area contributed by atoms with E-state index in [2.05, 4.69) is 43.0 Å². The quantitative estimate of drug-likeness (QED) is 0.870. The summed E-state index contributed by atoms with van der Waals surface area (Å²) in [6, 6.07) is 2.02. The molecule has 1 unspecified atom stereocenters. The number of nitrogens with zero attached hydrogens (tertiary/aromatic N) is 2. The maximum Gasteiger partial charge on any atom is 0.227 e. The van der Waals surface area contributed by atoms with E-state index in [0.717, 1.165) is 23.2 Å². The average Bonchev–Trinajstić information content (AvgIpc) is 2.84. The van der Waals surface area contributed by atoms with Crippen molar-refractivity contribution in [1.82, 2.24) is 9.97 Å². The van der Waals surface area contributed by atoms with E-state index in [1.807, 2.05) is 11.4 Å². The van der Waals surface area contributed by atoms with Crippen LogP contribution >= 0.6 is 11.3 Å². The van der Waals surface area contributed by atoms with Crippen LogP contribution in [-0.4, -0.2) is 22.6 Å². The number of anilines is 1. The molecule has 2 rings (SSSR count). The first-order valence-corrected chi connectivity index (χ1v) is 7.65. The Kier molecular flexibility index (Phi) is 4.58. The number of nitrogens with one attached hydrogen (secondary N) is 1. The fourth-order valence-corrected chi connectivity index (χ4v) is 2.30. The van der Waals surface area contributed by atoms with Gasteiger partial charge in [-0.3, -0.25) is 0 Å². The summed E-state index contributed by atoms with van der Waals surface area (Å²) >= 11 is 1.61. The standard InChI is InChI=1S/C14H21N3OS/c1-5-7-15-14-16-12(18-10(4)9(2)3)11-6-8-19-13(11)17-14/h6,8-10H,5,7H2,1-4H3,(H,15,16,17). The fourth-order valence-electron chi connectivity index (χ4n) is 1.55. The van der Waals surface area contributed by atoms with Crippen molar-refractivity contribution in [3.8, 4) is 5.88 Å². The van der Waals surface area contributed by atoms with Gasteiger partial charge in [0.2, 0.25) is 11.8 Å². The first-order valence-electron chi connectivity index (χ1n) is 6.77. The molecule has 0 aliphatic carbocycles. The van der Waals surface area contributed by atoms with Gasteiger partial charge in [-0.2, -0.15) is 4.98 Å². The van der Waals surface area contributed by atoms with Gasteiger partial charge >= 0.3 is 0 Å². The highest BCUT2D eigenvalue weighted by Crippen LogP contribution is 2.29. The Bertz CT molecular complexity index is 538. The van der Waals surface area contributed by atoms with Gasteiger partial charge in [0.15, 0.2) is 0 Å². The lowest BCUT2D eigenvalue weighted by molar-refractivity contribution is 0.166. The third kappa shape index (κ3) is 3.35. The van der Waals surface area contributed by atoms with E-state index >= 15 is 0 Å². The van der Waals surface area contributed by atoms with Crippen LogP contribution in [-0.2, 0) is 0 Å². The zero-order valence-electron chi connectivity index (χ0n) is 11.9. The molecule has 104 valence electrons. The Morgan fingerprint density at radius 1 is 1.32 bits per heavy atom. The molecular weight excluding hydrogens is 258 g/mol. The highest BCUT2D eigenvalue weighted by molar-refractivity contribution is 7.16. The number of ether oxygens (including phenoxy) is 1. The van der Waals surface area contributed by atoms with Gasteiger partial charge in [-0.15, -0.1) is 11.3 Å². The van der Waals surface area contributed by atoms with E-state index in [0.29, 0.717) is 17.7 Å². The third-order valence-electron chi connectivity index (χ3n) is 3.06.